The summed E-state index contributed by atoms with van der Waals surface area (Å²) in [5.41, 5.74) is 3.42. The summed E-state index contributed by atoms with van der Waals surface area (Å²) in [7, 11) is 0. The van der Waals surface area contributed by atoms with Gasteiger partial charge in [0.05, 0.1) is 4.47 Å². The molecule has 1 unspecified atom stereocenters. The Bertz CT molecular complexity index is 434. The van der Waals surface area contributed by atoms with Crippen LogP contribution in [0.4, 0.5) is 8.78 Å². The number of nitrogens with one attached hydrogen (secondary N) is 1. The average molecular weight is 333 g/mol. The molecule has 1 aliphatic rings. The molecule has 0 aliphatic heterocycles. The van der Waals surface area contributed by atoms with Crippen molar-refractivity contribution in [2.45, 2.75) is 44.6 Å². The minimum atomic E-state index is -0.846. The molecule has 0 saturated heterocycles. The first kappa shape index (κ1) is 14.9. The van der Waals surface area contributed by atoms with Crippen LogP contribution in [0.3, 0.4) is 0 Å². The molecule has 2 rings (SSSR count). The highest BCUT2D eigenvalue weighted by Gasteiger charge is 2.23. The number of benzene rings is 1. The van der Waals surface area contributed by atoms with Crippen LogP contribution in [0.2, 0.25) is 0 Å². The highest BCUT2D eigenvalue weighted by Crippen LogP contribution is 2.35. The van der Waals surface area contributed by atoms with Crippen LogP contribution in [0.1, 0.15) is 50.1 Å². The van der Waals surface area contributed by atoms with Crippen molar-refractivity contribution in [2.75, 3.05) is 0 Å². The van der Waals surface area contributed by atoms with Gasteiger partial charge in [0.15, 0.2) is 11.6 Å². The second-order valence-corrected chi connectivity index (χ2v) is 6.02. The maximum Gasteiger partial charge on any atom is 0.173 e. The number of nitrogens with two attached hydrogens (primary N) is 1. The Morgan fingerprint density at radius 1 is 1.26 bits per heavy atom. The van der Waals surface area contributed by atoms with Gasteiger partial charge in [0, 0.05) is 6.04 Å². The Labute approximate surface area is 120 Å². The lowest BCUT2D eigenvalue weighted by Gasteiger charge is -2.27. The van der Waals surface area contributed by atoms with E-state index in [4.69, 9.17) is 5.84 Å². The third kappa shape index (κ3) is 3.52. The van der Waals surface area contributed by atoms with Gasteiger partial charge in [0.25, 0.3) is 0 Å². The minimum absolute atomic E-state index is 0.146. The molecular formula is C14H19BrF2N2. The van der Waals surface area contributed by atoms with Crippen LogP contribution >= 0.6 is 15.9 Å². The Morgan fingerprint density at radius 3 is 2.58 bits per heavy atom. The van der Waals surface area contributed by atoms with Crippen LogP contribution in [0.15, 0.2) is 16.6 Å². The van der Waals surface area contributed by atoms with Gasteiger partial charge in [-0.05, 0) is 39.9 Å². The van der Waals surface area contributed by atoms with Gasteiger partial charge in [-0.25, -0.2) is 8.78 Å². The van der Waals surface area contributed by atoms with Crippen molar-refractivity contribution in [3.63, 3.8) is 0 Å². The van der Waals surface area contributed by atoms with Crippen molar-refractivity contribution in [3.8, 4) is 0 Å². The highest BCUT2D eigenvalue weighted by atomic mass is 79.9. The van der Waals surface area contributed by atoms with E-state index in [9.17, 15) is 8.78 Å². The Kier molecular flexibility index (Phi) is 5.30. The molecule has 1 fully saturated rings. The standard InChI is InChI=1S/C14H19BrF2N2/c15-13-10(6-7-11(16)14(13)17)12(19-18)8-9-4-2-1-3-5-9/h6-7,9,12,19H,1-5,8,18H2. The van der Waals surface area contributed by atoms with E-state index in [-0.39, 0.29) is 10.5 Å². The Morgan fingerprint density at radius 2 is 1.95 bits per heavy atom. The first-order valence-electron chi connectivity index (χ1n) is 6.73. The Hall–Kier alpha value is -0.520. The van der Waals surface area contributed by atoms with Gasteiger partial charge in [-0.15, -0.1) is 0 Å². The molecule has 106 valence electrons. The minimum Gasteiger partial charge on any atom is -0.271 e. The van der Waals surface area contributed by atoms with E-state index in [1.165, 1.54) is 32.1 Å². The fourth-order valence-electron chi connectivity index (χ4n) is 2.85. The molecule has 1 atom stereocenters. The number of hydrazine groups is 1. The van der Waals surface area contributed by atoms with Crippen molar-refractivity contribution in [2.24, 2.45) is 11.8 Å². The van der Waals surface area contributed by atoms with Crippen LogP contribution < -0.4 is 11.3 Å². The van der Waals surface area contributed by atoms with E-state index in [0.29, 0.717) is 11.5 Å². The fourth-order valence-corrected chi connectivity index (χ4v) is 3.45. The molecule has 5 heteroatoms. The molecule has 19 heavy (non-hydrogen) atoms. The molecule has 1 saturated carbocycles. The summed E-state index contributed by atoms with van der Waals surface area (Å²) in [6.45, 7) is 0. The lowest BCUT2D eigenvalue weighted by Crippen LogP contribution is -2.30. The number of hydrogen-bond donors (Lipinski definition) is 2. The molecule has 0 radical (unpaired) electrons. The van der Waals surface area contributed by atoms with Crippen LogP contribution in [0.5, 0.6) is 0 Å². The van der Waals surface area contributed by atoms with Gasteiger partial charge in [-0.2, -0.15) is 0 Å². The third-order valence-electron chi connectivity index (χ3n) is 3.94. The summed E-state index contributed by atoms with van der Waals surface area (Å²) in [6.07, 6.45) is 7.05. The monoisotopic (exact) mass is 332 g/mol. The van der Waals surface area contributed by atoms with Gasteiger partial charge in [0.2, 0.25) is 0 Å². The summed E-state index contributed by atoms with van der Waals surface area (Å²) in [5, 5.41) is 0. The zero-order valence-electron chi connectivity index (χ0n) is 10.8. The molecule has 2 nitrogen and oxygen atoms in total. The average Bonchev–Trinajstić information content (AvgIpc) is 2.44. The molecule has 0 spiro atoms. The molecule has 0 aromatic heterocycles. The normalized spacial score (nSPS) is 18.5. The second-order valence-electron chi connectivity index (χ2n) is 5.22. The summed E-state index contributed by atoms with van der Waals surface area (Å²) in [6, 6.07) is 2.60. The molecule has 3 N–H and O–H groups in total. The van der Waals surface area contributed by atoms with Gasteiger partial charge in [-0.3, -0.25) is 11.3 Å². The van der Waals surface area contributed by atoms with E-state index in [0.717, 1.165) is 12.5 Å². The summed E-state index contributed by atoms with van der Waals surface area (Å²) >= 11 is 3.13. The van der Waals surface area contributed by atoms with E-state index in [2.05, 4.69) is 21.4 Å². The number of hydrogen-bond acceptors (Lipinski definition) is 2. The van der Waals surface area contributed by atoms with Crippen molar-refractivity contribution < 1.29 is 8.78 Å². The van der Waals surface area contributed by atoms with E-state index in [1.54, 1.807) is 6.07 Å². The maximum atomic E-state index is 13.6. The van der Waals surface area contributed by atoms with E-state index in [1.807, 2.05) is 0 Å². The summed E-state index contributed by atoms with van der Waals surface area (Å²) in [5.74, 6) is 4.51. The van der Waals surface area contributed by atoms with Crippen LogP contribution in [-0.4, -0.2) is 0 Å². The van der Waals surface area contributed by atoms with E-state index >= 15 is 0 Å². The topological polar surface area (TPSA) is 38.0 Å². The van der Waals surface area contributed by atoms with Gasteiger partial charge in [-0.1, -0.05) is 38.2 Å². The quantitative estimate of drug-likeness (QED) is 0.492. The van der Waals surface area contributed by atoms with Crippen LogP contribution in [0, 0.1) is 17.6 Å². The van der Waals surface area contributed by atoms with E-state index < -0.39 is 11.6 Å². The molecule has 0 heterocycles. The predicted molar refractivity (Wildman–Crippen MR) is 75.3 cm³/mol. The van der Waals surface area contributed by atoms with Crippen molar-refractivity contribution in [1.82, 2.24) is 5.43 Å². The lowest BCUT2D eigenvalue weighted by atomic mass is 9.83. The molecule has 1 aromatic rings. The maximum absolute atomic E-state index is 13.6. The van der Waals surface area contributed by atoms with Crippen LogP contribution in [-0.2, 0) is 0 Å². The summed E-state index contributed by atoms with van der Waals surface area (Å²) in [4.78, 5) is 0. The summed E-state index contributed by atoms with van der Waals surface area (Å²) < 4.78 is 26.9. The lowest BCUT2D eigenvalue weighted by molar-refractivity contribution is 0.300. The number of halogens is 3. The van der Waals surface area contributed by atoms with Gasteiger partial charge < -0.3 is 0 Å². The molecule has 1 aliphatic carbocycles. The zero-order valence-corrected chi connectivity index (χ0v) is 12.3. The number of rotatable bonds is 4. The first-order chi connectivity index (χ1) is 9.13. The van der Waals surface area contributed by atoms with Crippen molar-refractivity contribution in [3.05, 3.63) is 33.8 Å². The molecular weight excluding hydrogens is 314 g/mol. The largest absolute Gasteiger partial charge is 0.271 e. The Balaban J connectivity index is 2.14. The van der Waals surface area contributed by atoms with Gasteiger partial charge in [0.1, 0.15) is 0 Å². The van der Waals surface area contributed by atoms with Crippen molar-refractivity contribution in [1.29, 1.82) is 0 Å². The van der Waals surface area contributed by atoms with Crippen molar-refractivity contribution >= 4 is 15.9 Å². The SMILES string of the molecule is NNC(CC1CCCCC1)c1ccc(F)c(F)c1Br. The molecule has 0 bridgehead atoms. The van der Waals surface area contributed by atoms with Gasteiger partial charge >= 0.3 is 0 Å². The molecule has 0 amide bonds. The van der Waals surface area contributed by atoms with Crippen LogP contribution in [0.25, 0.3) is 0 Å². The fraction of sp³-hybridized carbons (Fsp3) is 0.571. The highest BCUT2D eigenvalue weighted by molar-refractivity contribution is 9.10. The smallest absolute Gasteiger partial charge is 0.173 e. The third-order valence-corrected chi connectivity index (χ3v) is 4.74. The zero-order chi connectivity index (χ0) is 13.8. The predicted octanol–water partition coefficient (Wildman–Crippen LogP) is 4.20. The molecule has 1 aromatic carbocycles. The second kappa shape index (κ2) is 6.77. The first-order valence-corrected chi connectivity index (χ1v) is 7.52.